The Balaban J connectivity index is 1.75. The lowest BCUT2D eigenvalue weighted by Crippen LogP contribution is -2.37. The Bertz CT molecular complexity index is 399. The minimum absolute atomic E-state index is 0.306. The molecule has 1 N–H and O–H groups in total. The van der Waals surface area contributed by atoms with Crippen molar-refractivity contribution in [2.75, 3.05) is 19.6 Å². The van der Waals surface area contributed by atoms with Gasteiger partial charge >= 0.3 is 0 Å². The second-order valence-corrected chi connectivity index (χ2v) is 5.52. The van der Waals surface area contributed by atoms with E-state index in [-0.39, 0.29) is 0 Å². The van der Waals surface area contributed by atoms with E-state index in [4.69, 9.17) is 0 Å². The summed E-state index contributed by atoms with van der Waals surface area (Å²) < 4.78 is 0. The lowest BCUT2D eigenvalue weighted by atomic mass is 10.0. The summed E-state index contributed by atoms with van der Waals surface area (Å²) in [4.78, 5) is 14.1. The first-order chi connectivity index (χ1) is 9.81. The fourth-order valence-corrected chi connectivity index (χ4v) is 2.84. The molecule has 0 aromatic heterocycles. The second-order valence-electron chi connectivity index (χ2n) is 5.52. The molecule has 1 fully saturated rings. The van der Waals surface area contributed by atoms with Crippen LogP contribution in [0.2, 0.25) is 0 Å². The molecule has 1 aliphatic heterocycles. The number of amides is 1. The predicted molar refractivity (Wildman–Crippen MR) is 82.5 cm³/mol. The smallest absolute Gasteiger partial charge is 0.223 e. The number of rotatable bonds is 6. The Morgan fingerprint density at radius 3 is 2.55 bits per heavy atom. The molecule has 110 valence electrons. The van der Waals surface area contributed by atoms with Gasteiger partial charge in [0, 0.05) is 32.1 Å². The first-order valence-corrected chi connectivity index (χ1v) is 7.87. The fraction of sp³-hybridized carbons (Fsp3) is 0.588. The van der Waals surface area contributed by atoms with Gasteiger partial charge in [0.1, 0.15) is 0 Å². The van der Waals surface area contributed by atoms with E-state index in [0.29, 0.717) is 18.4 Å². The van der Waals surface area contributed by atoms with Crippen LogP contribution in [0.4, 0.5) is 0 Å². The van der Waals surface area contributed by atoms with Gasteiger partial charge in [0.15, 0.2) is 0 Å². The molecule has 2 rings (SSSR count). The van der Waals surface area contributed by atoms with Gasteiger partial charge in [-0.25, -0.2) is 0 Å². The third kappa shape index (κ3) is 4.34. The van der Waals surface area contributed by atoms with Gasteiger partial charge in [-0.3, -0.25) is 4.79 Å². The van der Waals surface area contributed by atoms with Gasteiger partial charge in [0.25, 0.3) is 0 Å². The van der Waals surface area contributed by atoms with E-state index < -0.39 is 0 Å². The van der Waals surface area contributed by atoms with E-state index in [1.165, 1.54) is 24.8 Å². The van der Waals surface area contributed by atoms with Crippen LogP contribution in [0.15, 0.2) is 30.3 Å². The van der Waals surface area contributed by atoms with Crippen LogP contribution in [0.25, 0.3) is 0 Å². The van der Waals surface area contributed by atoms with Gasteiger partial charge in [-0.15, -0.1) is 0 Å². The highest BCUT2D eigenvalue weighted by molar-refractivity contribution is 5.76. The van der Waals surface area contributed by atoms with E-state index in [1.807, 2.05) is 11.0 Å². The molecule has 1 aliphatic rings. The average molecular weight is 274 g/mol. The molecule has 0 bridgehead atoms. The number of nitrogens with zero attached hydrogens (tertiary/aromatic N) is 1. The molecular weight excluding hydrogens is 248 g/mol. The van der Waals surface area contributed by atoms with E-state index in [2.05, 4.69) is 36.5 Å². The van der Waals surface area contributed by atoms with Crippen molar-refractivity contribution in [3.05, 3.63) is 35.9 Å². The average Bonchev–Trinajstić information content (AvgIpc) is 2.53. The van der Waals surface area contributed by atoms with E-state index in [0.717, 1.165) is 26.1 Å². The Labute approximate surface area is 122 Å². The van der Waals surface area contributed by atoms with Crippen molar-refractivity contribution in [1.82, 2.24) is 10.2 Å². The molecule has 1 aromatic rings. The predicted octanol–water partition coefficient (Wildman–Crippen LogP) is 3.13. The third-order valence-corrected chi connectivity index (χ3v) is 4.05. The highest BCUT2D eigenvalue weighted by Crippen LogP contribution is 2.16. The lowest BCUT2D eigenvalue weighted by molar-refractivity contribution is -0.132. The minimum Gasteiger partial charge on any atom is -0.343 e. The first kappa shape index (κ1) is 15.0. The van der Waals surface area contributed by atoms with Crippen LogP contribution in [-0.2, 0) is 4.79 Å². The molecule has 3 heteroatoms. The van der Waals surface area contributed by atoms with Crippen molar-refractivity contribution < 1.29 is 4.79 Å². The summed E-state index contributed by atoms with van der Waals surface area (Å²) in [6, 6.07) is 10.8. The van der Waals surface area contributed by atoms with Crippen LogP contribution < -0.4 is 5.32 Å². The second kappa shape index (κ2) is 8.05. The Morgan fingerprint density at radius 2 is 1.90 bits per heavy atom. The van der Waals surface area contributed by atoms with Gasteiger partial charge < -0.3 is 10.2 Å². The molecule has 3 nitrogen and oxygen atoms in total. The standard InChI is InChI=1S/C17H26N2O/c1-2-16(15-9-5-3-6-10-15)18-12-11-17(20)19-13-7-4-8-14-19/h3,5-6,9-10,16,18H,2,4,7-8,11-14H2,1H3. The van der Waals surface area contributed by atoms with Crippen LogP contribution >= 0.6 is 0 Å². The number of nitrogens with one attached hydrogen (secondary N) is 1. The molecule has 0 saturated carbocycles. The molecule has 1 unspecified atom stereocenters. The van der Waals surface area contributed by atoms with E-state index in [9.17, 15) is 4.79 Å². The summed E-state index contributed by atoms with van der Waals surface area (Å²) in [5.41, 5.74) is 1.31. The summed E-state index contributed by atoms with van der Waals surface area (Å²) >= 11 is 0. The van der Waals surface area contributed by atoms with Gasteiger partial charge in [-0.05, 0) is 31.2 Å². The number of benzene rings is 1. The van der Waals surface area contributed by atoms with Gasteiger partial charge in [-0.2, -0.15) is 0 Å². The van der Waals surface area contributed by atoms with Crippen LogP contribution in [0.3, 0.4) is 0 Å². The number of carbonyl (C=O) groups is 1. The normalized spacial score (nSPS) is 16.9. The summed E-state index contributed by atoms with van der Waals surface area (Å²) in [6.45, 7) is 4.85. The molecule has 0 aliphatic carbocycles. The topological polar surface area (TPSA) is 32.3 Å². The molecule has 0 radical (unpaired) electrons. The highest BCUT2D eigenvalue weighted by Gasteiger charge is 2.16. The molecule has 1 atom stereocenters. The molecule has 1 heterocycles. The van der Waals surface area contributed by atoms with E-state index in [1.54, 1.807) is 0 Å². The molecular formula is C17H26N2O. The van der Waals surface area contributed by atoms with Crippen LogP contribution in [0.1, 0.15) is 50.6 Å². The van der Waals surface area contributed by atoms with Crippen molar-refractivity contribution in [2.45, 2.75) is 45.1 Å². The van der Waals surface area contributed by atoms with Gasteiger partial charge in [0.05, 0.1) is 0 Å². The van der Waals surface area contributed by atoms with Gasteiger partial charge in [-0.1, -0.05) is 37.3 Å². The fourth-order valence-electron chi connectivity index (χ4n) is 2.84. The Morgan fingerprint density at radius 1 is 1.20 bits per heavy atom. The Kier molecular flexibility index (Phi) is 6.06. The molecule has 0 spiro atoms. The number of piperidine rings is 1. The zero-order chi connectivity index (χ0) is 14.2. The van der Waals surface area contributed by atoms with Crippen LogP contribution in [0, 0.1) is 0 Å². The SMILES string of the molecule is CCC(NCCC(=O)N1CCCCC1)c1ccccc1. The lowest BCUT2D eigenvalue weighted by Gasteiger charge is -2.27. The maximum Gasteiger partial charge on any atom is 0.223 e. The zero-order valence-corrected chi connectivity index (χ0v) is 12.5. The molecule has 1 amide bonds. The number of carbonyl (C=O) groups excluding carboxylic acids is 1. The highest BCUT2D eigenvalue weighted by atomic mass is 16.2. The third-order valence-electron chi connectivity index (χ3n) is 4.05. The summed E-state index contributed by atoms with van der Waals surface area (Å²) in [5, 5.41) is 3.51. The van der Waals surface area contributed by atoms with E-state index >= 15 is 0 Å². The largest absolute Gasteiger partial charge is 0.343 e. The van der Waals surface area contributed by atoms with Crippen LogP contribution in [0.5, 0.6) is 0 Å². The molecule has 20 heavy (non-hydrogen) atoms. The molecule has 1 saturated heterocycles. The van der Waals surface area contributed by atoms with Crippen molar-refractivity contribution in [3.63, 3.8) is 0 Å². The first-order valence-electron chi connectivity index (χ1n) is 7.87. The summed E-state index contributed by atoms with van der Waals surface area (Å²) in [7, 11) is 0. The Hall–Kier alpha value is -1.35. The van der Waals surface area contributed by atoms with Crippen molar-refractivity contribution in [1.29, 1.82) is 0 Å². The summed E-state index contributed by atoms with van der Waals surface area (Å²) in [5.74, 6) is 0.306. The quantitative estimate of drug-likeness (QED) is 0.864. The maximum atomic E-state index is 12.1. The van der Waals surface area contributed by atoms with Gasteiger partial charge in [0.2, 0.25) is 5.91 Å². The molecule has 1 aromatic carbocycles. The van der Waals surface area contributed by atoms with Crippen molar-refractivity contribution in [3.8, 4) is 0 Å². The van der Waals surface area contributed by atoms with Crippen LogP contribution in [-0.4, -0.2) is 30.4 Å². The number of hydrogen-bond acceptors (Lipinski definition) is 2. The van der Waals surface area contributed by atoms with Crippen molar-refractivity contribution >= 4 is 5.91 Å². The maximum absolute atomic E-state index is 12.1. The zero-order valence-electron chi connectivity index (χ0n) is 12.5. The number of hydrogen-bond donors (Lipinski definition) is 1. The minimum atomic E-state index is 0.306. The monoisotopic (exact) mass is 274 g/mol. The summed E-state index contributed by atoms with van der Waals surface area (Å²) in [6.07, 6.45) is 5.26. The number of likely N-dealkylation sites (tertiary alicyclic amines) is 1. The van der Waals surface area contributed by atoms with Crippen molar-refractivity contribution in [2.24, 2.45) is 0 Å².